The zero-order valence-electron chi connectivity index (χ0n) is 17.3. The molecule has 1 aliphatic heterocycles. The Kier molecular flexibility index (Phi) is 8.10. The van der Waals surface area contributed by atoms with Crippen molar-refractivity contribution in [2.24, 2.45) is 0 Å². The van der Waals surface area contributed by atoms with Gasteiger partial charge in [-0.1, -0.05) is 18.2 Å². The topological polar surface area (TPSA) is 93.8 Å². The summed E-state index contributed by atoms with van der Waals surface area (Å²) in [6.07, 6.45) is 1.41. The number of aromatic nitrogens is 1. The predicted octanol–water partition coefficient (Wildman–Crippen LogP) is 0.519. The number of methoxy groups -OCH3 is 1. The van der Waals surface area contributed by atoms with Gasteiger partial charge in [-0.05, 0) is 12.1 Å². The number of morpholine rings is 1. The highest BCUT2D eigenvalue weighted by Crippen LogP contribution is 2.20. The average Bonchev–Trinajstić information content (AvgIpc) is 3.09. The Bertz CT molecular complexity index is 1180. The van der Waals surface area contributed by atoms with E-state index in [2.05, 4.69) is 4.74 Å². The highest BCUT2D eigenvalue weighted by Gasteiger charge is 2.23. The number of halogens is 2. The van der Waals surface area contributed by atoms with Gasteiger partial charge < -0.3 is 19.1 Å². The van der Waals surface area contributed by atoms with Crippen LogP contribution in [0.5, 0.6) is 5.75 Å². The highest BCUT2D eigenvalue weighted by molar-refractivity contribution is 7.07. The molecule has 2 heterocycles. The maximum absolute atomic E-state index is 13.1. The van der Waals surface area contributed by atoms with Crippen LogP contribution >= 0.6 is 11.3 Å². The van der Waals surface area contributed by atoms with Gasteiger partial charge >= 0.3 is 6.61 Å². The van der Waals surface area contributed by atoms with Crippen molar-refractivity contribution in [1.82, 2.24) is 9.47 Å². The van der Waals surface area contributed by atoms with Crippen molar-refractivity contribution in [2.45, 2.75) is 13.2 Å². The Hall–Kier alpha value is -3.07. The summed E-state index contributed by atoms with van der Waals surface area (Å²) in [7, 11) is 1.47. The molecular formula is C21H21F2N3O5S. The lowest BCUT2D eigenvalue weighted by atomic mass is 10.2. The van der Waals surface area contributed by atoms with E-state index in [0.29, 0.717) is 26.3 Å². The first-order valence-electron chi connectivity index (χ1n) is 9.71. The van der Waals surface area contributed by atoms with E-state index in [1.807, 2.05) is 6.07 Å². The van der Waals surface area contributed by atoms with E-state index in [1.54, 1.807) is 6.07 Å². The third-order valence-electron chi connectivity index (χ3n) is 4.69. The van der Waals surface area contributed by atoms with Crippen LogP contribution in [0.25, 0.3) is 11.6 Å². The summed E-state index contributed by atoms with van der Waals surface area (Å²) in [6.45, 7) is -1.31. The molecule has 1 aromatic carbocycles. The van der Waals surface area contributed by atoms with Gasteiger partial charge in [0.1, 0.15) is 16.5 Å². The number of hydrogen-bond acceptors (Lipinski definition) is 7. The highest BCUT2D eigenvalue weighted by atomic mass is 32.1. The number of hydrogen-bond donors (Lipinski definition) is 0. The predicted molar refractivity (Wildman–Crippen MR) is 113 cm³/mol. The molecule has 0 radical (unpaired) electrons. The second-order valence-electron chi connectivity index (χ2n) is 6.67. The molecule has 8 nitrogen and oxygen atoms in total. The van der Waals surface area contributed by atoms with E-state index in [1.165, 1.54) is 40.9 Å². The van der Waals surface area contributed by atoms with Gasteiger partial charge in [-0.3, -0.25) is 14.2 Å². The zero-order valence-corrected chi connectivity index (χ0v) is 18.1. The van der Waals surface area contributed by atoms with Crippen LogP contribution < -0.4 is 19.5 Å². The Morgan fingerprint density at radius 1 is 1.34 bits per heavy atom. The number of thiazole rings is 1. The molecule has 0 spiro atoms. The Morgan fingerprint density at radius 3 is 2.72 bits per heavy atom. The Morgan fingerprint density at radius 2 is 2.06 bits per heavy atom. The van der Waals surface area contributed by atoms with E-state index in [-0.39, 0.29) is 39.2 Å². The van der Waals surface area contributed by atoms with Gasteiger partial charge in [0.05, 0.1) is 30.9 Å². The van der Waals surface area contributed by atoms with Crippen LogP contribution in [0, 0.1) is 11.3 Å². The third-order valence-corrected chi connectivity index (χ3v) is 5.82. The fraction of sp³-hybridized carbons (Fsp3) is 0.381. The summed E-state index contributed by atoms with van der Waals surface area (Å²) in [5.74, 6) is -0.578. The molecule has 2 aromatic rings. The first-order valence-corrected chi connectivity index (χ1v) is 10.5. The van der Waals surface area contributed by atoms with Gasteiger partial charge in [0.2, 0.25) is 0 Å². The molecule has 0 saturated carbocycles. The normalized spacial score (nSPS) is 15.6. The first-order chi connectivity index (χ1) is 15.5. The van der Waals surface area contributed by atoms with Gasteiger partial charge in [0.25, 0.3) is 11.5 Å². The number of rotatable bonds is 7. The maximum atomic E-state index is 13.1. The number of alkyl halides is 2. The molecule has 1 aliphatic rings. The van der Waals surface area contributed by atoms with Gasteiger partial charge in [-0.2, -0.15) is 14.0 Å². The lowest BCUT2D eigenvalue weighted by Crippen LogP contribution is -2.43. The van der Waals surface area contributed by atoms with E-state index >= 15 is 0 Å². The number of nitriles is 1. The van der Waals surface area contributed by atoms with Gasteiger partial charge in [0, 0.05) is 25.8 Å². The van der Waals surface area contributed by atoms with Crippen LogP contribution in [0.1, 0.15) is 5.56 Å². The summed E-state index contributed by atoms with van der Waals surface area (Å²) < 4.78 is 42.0. The lowest BCUT2D eigenvalue weighted by molar-refractivity contribution is -0.128. The Balaban J connectivity index is 2.18. The molecule has 1 saturated heterocycles. The van der Waals surface area contributed by atoms with E-state index in [9.17, 15) is 23.6 Å². The average molecular weight is 465 g/mol. The van der Waals surface area contributed by atoms with Crippen LogP contribution in [0.2, 0.25) is 0 Å². The number of benzene rings is 1. The molecule has 0 aliphatic carbocycles. The van der Waals surface area contributed by atoms with Crippen molar-refractivity contribution < 1.29 is 27.8 Å². The molecular weight excluding hydrogens is 444 g/mol. The van der Waals surface area contributed by atoms with E-state index in [4.69, 9.17) is 9.47 Å². The van der Waals surface area contributed by atoms with Crippen molar-refractivity contribution in [3.05, 3.63) is 49.4 Å². The molecule has 170 valence electrons. The minimum Gasteiger partial charge on any atom is -0.434 e. The van der Waals surface area contributed by atoms with Crippen molar-refractivity contribution >= 4 is 28.9 Å². The largest absolute Gasteiger partial charge is 0.434 e. The monoisotopic (exact) mass is 465 g/mol. The quantitative estimate of drug-likeness (QED) is 0.592. The molecule has 1 aromatic heterocycles. The fourth-order valence-corrected chi connectivity index (χ4v) is 4.26. The maximum Gasteiger partial charge on any atom is 0.387 e. The van der Waals surface area contributed by atoms with Crippen molar-refractivity contribution in [1.29, 1.82) is 5.26 Å². The second kappa shape index (κ2) is 11.0. The van der Waals surface area contributed by atoms with E-state index < -0.39 is 18.1 Å². The molecule has 1 fully saturated rings. The van der Waals surface area contributed by atoms with Gasteiger partial charge in [-0.15, -0.1) is 11.3 Å². The Labute approximate surface area is 186 Å². The van der Waals surface area contributed by atoms with Crippen LogP contribution in [0.3, 0.4) is 0 Å². The summed E-state index contributed by atoms with van der Waals surface area (Å²) in [6, 6.07) is 7.99. The standard InChI is InChI=1S/C21H21F2N3O5S/c1-29-9-8-26-19(28)17(12-14-4-2-3-5-16(14)31-21(22)23)32-20(26)15(13-24)18(27)25-6-10-30-11-7-25/h2-5,12,21H,6-11H2,1H3/b17-12+,20-15-. The first kappa shape index (κ1) is 23.6. The van der Waals surface area contributed by atoms with Gasteiger partial charge in [0.15, 0.2) is 5.57 Å². The second-order valence-corrected chi connectivity index (χ2v) is 7.70. The van der Waals surface area contributed by atoms with Crippen LogP contribution in [0.4, 0.5) is 8.78 Å². The SMILES string of the molecule is COCCn1c(=O)/c(=C\c2ccccc2OC(F)F)s/c1=C(/C#N)C(=O)N1CCOCC1. The number of para-hydroxylation sites is 1. The van der Waals surface area contributed by atoms with Crippen LogP contribution in [0.15, 0.2) is 29.1 Å². The molecule has 3 rings (SSSR count). The number of ether oxygens (including phenoxy) is 3. The smallest absolute Gasteiger partial charge is 0.387 e. The third kappa shape index (κ3) is 5.40. The number of carbonyl (C=O) groups is 1. The van der Waals surface area contributed by atoms with Crippen molar-refractivity contribution in [3.63, 3.8) is 0 Å². The minimum atomic E-state index is -3.02. The fourth-order valence-electron chi connectivity index (χ4n) is 3.15. The molecule has 0 unspecified atom stereocenters. The van der Waals surface area contributed by atoms with E-state index in [0.717, 1.165) is 11.3 Å². The molecule has 11 heteroatoms. The minimum absolute atomic E-state index is 0.0887. The van der Waals surface area contributed by atoms with Crippen LogP contribution in [-0.2, 0) is 20.8 Å². The molecule has 1 amide bonds. The summed E-state index contributed by atoms with van der Waals surface area (Å²) in [5.41, 5.74) is -0.354. The van der Waals surface area contributed by atoms with Crippen LogP contribution in [-0.4, -0.2) is 62.0 Å². The summed E-state index contributed by atoms with van der Waals surface area (Å²) >= 11 is 0.942. The molecule has 0 bridgehead atoms. The zero-order chi connectivity index (χ0) is 23.1. The van der Waals surface area contributed by atoms with Crippen molar-refractivity contribution in [2.75, 3.05) is 40.0 Å². The lowest BCUT2D eigenvalue weighted by Gasteiger charge is -2.26. The number of nitrogens with zero attached hydrogens (tertiary/aromatic N) is 3. The summed E-state index contributed by atoms with van der Waals surface area (Å²) in [5, 5.41) is 9.74. The molecule has 32 heavy (non-hydrogen) atoms. The number of amides is 1. The molecule has 0 N–H and O–H groups in total. The number of carbonyl (C=O) groups excluding carboxylic acids is 1. The summed E-state index contributed by atoms with van der Waals surface area (Å²) in [4.78, 5) is 27.6. The van der Waals surface area contributed by atoms with Gasteiger partial charge in [-0.25, -0.2) is 0 Å². The van der Waals surface area contributed by atoms with Crippen molar-refractivity contribution in [3.8, 4) is 11.8 Å². The molecule has 0 atom stereocenters.